The number of hydrogen-bond donors (Lipinski definition) is 0. The summed E-state index contributed by atoms with van der Waals surface area (Å²) >= 11 is 0. The standard InChI is InChI=1S/C33H31NO6/c1-7-12-39-28-17-26-23(16-27(28)38-6)30-29(21-9-8-18(2)24(14-21)36-4)31-22-15-25(37-5)19(3)13-20(22)10-11-34(31)32(30)33(35)40-26/h8-11,13-17H,7,12H2,1-6H3. The number of rotatable bonds is 7. The molecule has 0 radical (unpaired) electrons. The predicted octanol–water partition coefficient (Wildman–Crippen LogP) is 7.45. The Balaban J connectivity index is 1.87. The van der Waals surface area contributed by atoms with E-state index in [4.69, 9.17) is 23.4 Å². The van der Waals surface area contributed by atoms with Gasteiger partial charge in [0.1, 0.15) is 22.6 Å². The third-order valence-corrected chi connectivity index (χ3v) is 7.52. The van der Waals surface area contributed by atoms with Crippen molar-refractivity contribution in [2.45, 2.75) is 27.2 Å². The lowest BCUT2D eigenvalue weighted by Crippen LogP contribution is -2.03. The van der Waals surface area contributed by atoms with Crippen LogP contribution in [0.4, 0.5) is 0 Å². The van der Waals surface area contributed by atoms with Gasteiger partial charge in [-0.3, -0.25) is 0 Å². The number of ether oxygens (including phenoxy) is 4. The van der Waals surface area contributed by atoms with Crippen LogP contribution in [0.5, 0.6) is 23.0 Å². The van der Waals surface area contributed by atoms with Gasteiger partial charge in [-0.15, -0.1) is 0 Å². The summed E-state index contributed by atoms with van der Waals surface area (Å²) in [5.41, 5.74) is 5.18. The van der Waals surface area contributed by atoms with Crippen LogP contribution in [-0.2, 0) is 0 Å². The minimum Gasteiger partial charge on any atom is -0.496 e. The summed E-state index contributed by atoms with van der Waals surface area (Å²) < 4.78 is 30.9. The van der Waals surface area contributed by atoms with Crippen LogP contribution in [0.1, 0.15) is 24.5 Å². The van der Waals surface area contributed by atoms with E-state index >= 15 is 0 Å². The van der Waals surface area contributed by atoms with Crippen molar-refractivity contribution >= 4 is 38.2 Å². The molecule has 0 unspecified atom stereocenters. The molecule has 7 heteroatoms. The maximum absolute atomic E-state index is 13.7. The summed E-state index contributed by atoms with van der Waals surface area (Å²) in [6.07, 6.45) is 2.77. The molecule has 6 aromatic rings. The van der Waals surface area contributed by atoms with Crippen LogP contribution in [0.3, 0.4) is 0 Å². The van der Waals surface area contributed by atoms with E-state index < -0.39 is 5.63 Å². The highest BCUT2D eigenvalue weighted by Crippen LogP contribution is 2.45. The average molecular weight is 538 g/mol. The van der Waals surface area contributed by atoms with Crippen LogP contribution in [0, 0.1) is 13.8 Å². The second-order valence-corrected chi connectivity index (χ2v) is 9.96. The van der Waals surface area contributed by atoms with Crippen LogP contribution < -0.4 is 24.6 Å². The zero-order valence-corrected chi connectivity index (χ0v) is 23.5. The molecule has 204 valence electrons. The smallest absolute Gasteiger partial charge is 0.361 e. The molecule has 40 heavy (non-hydrogen) atoms. The number of pyridine rings is 1. The molecule has 3 aromatic carbocycles. The molecule has 0 aliphatic rings. The van der Waals surface area contributed by atoms with E-state index in [1.165, 1.54) is 0 Å². The van der Waals surface area contributed by atoms with Crippen molar-refractivity contribution in [1.29, 1.82) is 0 Å². The number of aromatic nitrogens is 1. The lowest BCUT2D eigenvalue weighted by atomic mass is 9.97. The Labute approximate surface area is 231 Å². The van der Waals surface area contributed by atoms with E-state index in [-0.39, 0.29) is 0 Å². The van der Waals surface area contributed by atoms with Crippen molar-refractivity contribution in [3.05, 3.63) is 76.3 Å². The van der Waals surface area contributed by atoms with Gasteiger partial charge in [0, 0.05) is 34.0 Å². The molecule has 3 heterocycles. The lowest BCUT2D eigenvalue weighted by Gasteiger charge is -2.13. The molecular weight excluding hydrogens is 506 g/mol. The Bertz CT molecular complexity index is 2000. The second kappa shape index (κ2) is 9.83. The van der Waals surface area contributed by atoms with Gasteiger partial charge in [-0.25, -0.2) is 4.79 Å². The third-order valence-electron chi connectivity index (χ3n) is 7.52. The van der Waals surface area contributed by atoms with Gasteiger partial charge >= 0.3 is 5.63 Å². The SMILES string of the molecule is CCCOc1cc2oc(=O)c3c(c(-c4ccc(C)c(OC)c4)c4c5cc(OC)c(C)cc5ccn43)c2cc1OC. The van der Waals surface area contributed by atoms with Gasteiger partial charge in [-0.1, -0.05) is 19.1 Å². The van der Waals surface area contributed by atoms with Crippen LogP contribution >= 0.6 is 0 Å². The summed E-state index contributed by atoms with van der Waals surface area (Å²) in [6, 6.07) is 15.9. The zero-order chi connectivity index (χ0) is 28.1. The molecule has 6 rings (SSSR count). The quantitative estimate of drug-likeness (QED) is 0.197. The fourth-order valence-corrected chi connectivity index (χ4v) is 5.60. The molecule has 0 aliphatic heterocycles. The number of methoxy groups -OCH3 is 3. The number of nitrogens with zero attached hydrogens (tertiary/aromatic N) is 1. The first kappa shape index (κ1) is 25.6. The average Bonchev–Trinajstić information content (AvgIpc) is 3.32. The van der Waals surface area contributed by atoms with Gasteiger partial charge in [0.2, 0.25) is 0 Å². The highest BCUT2D eigenvalue weighted by atomic mass is 16.5. The van der Waals surface area contributed by atoms with Crippen LogP contribution in [0.15, 0.2) is 63.9 Å². The summed E-state index contributed by atoms with van der Waals surface area (Å²) in [6.45, 7) is 6.59. The highest BCUT2D eigenvalue weighted by Gasteiger charge is 2.24. The monoisotopic (exact) mass is 537 g/mol. The minimum atomic E-state index is -0.437. The number of benzene rings is 3. The largest absolute Gasteiger partial charge is 0.496 e. The Hall–Kier alpha value is -4.65. The Kier molecular flexibility index (Phi) is 6.29. The first-order valence-corrected chi connectivity index (χ1v) is 13.3. The van der Waals surface area contributed by atoms with E-state index in [0.29, 0.717) is 29.2 Å². The summed E-state index contributed by atoms with van der Waals surface area (Å²) in [4.78, 5) is 13.7. The predicted molar refractivity (Wildman–Crippen MR) is 159 cm³/mol. The van der Waals surface area contributed by atoms with Crippen molar-refractivity contribution in [3.8, 4) is 34.1 Å². The van der Waals surface area contributed by atoms with E-state index in [9.17, 15) is 4.79 Å². The topological polar surface area (TPSA) is 71.5 Å². The fraction of sp³-hybridized carbons (Fsp3) is 0.242. The van der Waals surface area contributed by atoms with Crippen molar-refractivity contribution in [3.63, 3.8) is 0 Å². The molecule has 0 fully saturated rings. The molecule has 0 saturated carbocycles. The number of aryl methyl sites for hydroxylation is 2. The zero-order valence-electron chi connectivity index (χ0n) is 23.5. The molecule has 7 nitrogen and oxygen atoms in total. The molecule has 0 aliphatic carbocycles. The second-order valence-electron chi connectivity index (χ2n) is 9.96. The summed E-state index contributed by atoms with van der Waals surface area (Å²) in [7, 11) is 4.94. The van der Waals surface area contributed by atoms with E-state index in [1.54, 1.807) is 27.4 Å². The number of hydrogen-bond acceptors (Lipinski definition) is 6. The lowest BCUT2D eigenvalue weighted by molar-refractivity contribution is 0.294. The minimum absolute atomic E-state index is 0.429. The first-order chi connectivity index (χ1) is 19.4. The molecule has 0 saturated heterocycles. The Morgan fingerprint density at radius 2 is 1.50 bits per heavy atom. The highest BCUT2D eigenvalue weighted by molar-refractivity contribution is 6.21. The molecule has 0 atom stereocenters. The Morgan fingerprint density at radius 1 is 0.775 bits per heavy atom. The first-order valence-electron chi connectivity index (χ1n) is 13.3. The summed E-state index contributed by atoms with van der Waals surface area (Å²) in [5, 5.41) is 3.51. The molecule has 0 amide bonds. The van der Waals surface area contributed by atoms with Crippen LogP contribution in [-0.4, -0.2) is 32.3 Å². The van der Waals surface area contributed by atoms with E-state index in [0.717, 1.165) is 67.2 Å². The Morgan fingerprint density at radius 3 is 2.23 bits per heavy atom. The van der Waals surface area contributed by atoms with Crippen molar-refractivity contribution in [2.24, 2.45) is 0 Å². The van der Waals surface area contributed by atoms with E-state index in [2.05, 4.69) is 12.1 Å². The van der Waals surface area contributed by atoms with Gasteiger partial charge in [0.15, 0.2) is 11.5 Å². The van der Waals surface area contributed by atoms with Crippen LogP contribution in [0.2, 0.25) is 0 Å². The van der Waals surface area contributed by atoms with Gasteiger partial charge in [0.25, 0.3) is 0 Å². The van der Waals surface area contributed by atoms with Gasteiger partial charge in [-0.05, 0) is 72.7 Å². The van der Waals surface area contributed by atoms with Gasteiger partial charge in [0.05, 0.1) is 33.5 Å². The van der Waals surface area contributed by atoms with Gasteiger partial charge in [-0.2, -0.15) is 0 Å². The van der Waals surface area contributed by atoms with Crippen molar-refractivity contribution in [1.82, 2.24) is 4.40 Å². The molecule has 0 N–H and O–H groups in total. The normalized spacial score (nSPS) is 11.6. The number of fused-ring (bicyclic) bond motifs is 7. The van der Waals surface area contributed by atoms with Crippen molar-refractivity contribution < 1.29 is 23.4 Å². The van der Waals surface area contributed by atoms with Crippen molar-refractivity contribution in [2.75, 3.05) is 27.9 Å². The molecule has 3 aromatic heterocycles. The van der Waals surface area contributed by atoms with E-state index in [1.807, 2.05) is 61.7 Å². The summed E-state index contributed by atoms with van der Waals surface area (Å²) in [5.74, 6) is 2.64. The third kappa shape index (κ3) is 3.84. The maximum atomic E-state index is 13.7. The fourth-order valence-electron chi connectivity index (χ4n) is 5.60. The molecular formula is C33H31NO6. The van der Waals surface area contributed by atoms with Gasteiger partial charge < -0.3 is 27.8 Å². The molecule has 0 spiro atoms. The van der Waals surface area contributed by atoms with Crippen LogP contribution in [0.25, 0.3) is 49.3 Å². The molecule has 0 bridgehead atoms. The maximum Gasteiger partial charge on any atom is 0.361 e.